The zero-order valence-corrected chi connectivity index (χ0v) is 16.9. The van der Waals surface area contributed by atoms with Crippen molar-refractivity contribution >= 4 is 17.7 Å². The molecular formula is C22H28N2O2S. The van der Waals surface area contributed by atoms with Gasteiger partial charge in [0.15, 0.2) is 0 Å². The largest absolute Gasteiger partial charge is 0.379 e. The molecule has 1 heterocycles. The second-order valence-corrected chi connectivity index (χ2v) is 8.41. The minimum atomic E-state index is -0.121. The Balaban J connectivity index is 1.49. The van der Waals surface area contributed by atoms with E-state index in [1.54, 1.807) is 11.8 Å². The van der Waals surface area contributed by atoms with Gasteiger partial charge in [-0.2, -0.15) is 0 Å². The summed E-state index contributed by atoms with van der Waals surface area (Å²) in [6.45, 7) is 9.11. The predicted molar refractivity (Wildman–Crippen MR) is 111 cm³/mol. The fraction of sp³-hybridized carbons (Fsp3) is 0.409. The Labute approximate surface area is 166 Å². The van der Waals surface area contributed by atoms with Crippen molar-refractivity contribution in [1.29, 1.82) is 0 Å². The van der Waals surface area contributed by atoms with Crippen molar-refractivity contribution in [2.45, 2.75) is 37.1 Å². The molecule has 1 N–H and O–H groups in total. The first-order valence-electron chi connectivity index (χ1n) is 9.49. The third-order valence-corrected chi connectivity index (χ3v) is 5.78. The van der Waals surface area contributed by atoms with E-state index >= 15 is 0 Å². The Morgan fingerprint density at radius 2 is 1.85 bits per heavy atom. The van der Waals surface area contributed by atoms with Crippen LogP contribution >= 0.6 is 11.8 Å². The molecule has 5 heteroatoms. The highest BCUT2D eigenvalue weighted by Gasteiger charge is 2.14. The Morgan fingerprint density at radius 3 is 2.59 bits per heavy atom. The molecule has 0 radical (unpaired) electrons. The summed E-state index contributed by atoms with van der Waals surface area (Å²) >= 11 is 1.59. The molecule has 27 heavy (non-hydrogen) atoms. The number of carbonyl (C=O) groups is 1. The molecule has 4 nitrogen and oxygen atoms in total. The molecule has 0 bridgehead atoms. The van der Waals surface area contributed by atoms with E-state index in [0.29, 0.717) is 6.54 Å². The average molecular weight is 385 g/mol. The molecule has 0 spiro atoms. The van der Waals surface area contributed by atoms with Crippen LogP contribution in [0.15, 0.2) is 53.4 Å². The molecule has 1 amide bonds. The summed E-state index contributed by atoms with van der Waals surface area (Å²) in [5.41, 5.74) is 3.65. The number of thioether (sulfide) groups is 1. The van der Waals surface area contributed by atoms with Crippen LogP contribution in [0.2, 0.25) is 0 Å². The van der Waals surface area contributed by atoms with Gasteiger partial charge in [-0.1, -0.05) is 42.0 Å². The summed E-state index contributed by atoms with van der Waals surface area (Å²) in [7, 11) is 0. The van der Waals surface area contributed by atoms with E-state index in [-0.39, 0.29) is 11.2 Å². The number of morpholine rings is 1. The second-order valence-electron chi connectivity index (χ2n) is 7.00. The standard InChI is InChI=1S/C22H28N2O2S/c1-17-6-8-21(9-7-17)27-18(2)22(25)23-15-19-4-3-5-20(14-19)16-24-10-12-26-13-11-24/h3-9,14,18H,10-13,15-16H2,1-2H3,(H,23,25)/t18-/m0/s1. The maximum absolute atomic E-state index is 12.4. The number of rotatable bonds is 7. The maximum atomic E-state index is 12.4. The summed E-state index contributed by atoms with van der Waals surface area (Å²) in [4.78, 5) is 16.0. The Bertz CT molecular complexity index is 742. The Hall–Kier alpha value is -1.82. The number of hydrogen-bond donors (Lipinski definition) is 1. The summed E-state index contributed by atoms with van der Waals surface area (Å²) in [6.07, 6.45) is 0. The van der Waals surface area contributed by atoms with Crippen molar-refractivity contribution in [2.75, 3.05) is 26.3 Å². The SMILES string of the molecule is Cc1ccc(S[C@@H](C)C(=O)NCc2cccc(CN3CCOCC3)c2)cc1. The molecule has 3 rings (SSSR count). The molecule has 2 aromatic carbocycles. The van der Waals surface area contributed by atoms with E-state index in [4.69, 9.17) is 4.74 Å². The van der Waals surface area contributed by atoms with E-state index in [1.165, 1.54) is 11.1 Å². The number of benzene rings is 2. The van der Waals surface area contributed by atoms with E-state index < -0.39 is 0 Å². The van der Waals surface area contributed by atoms with Crippen molar-refractivity contribution in [2.24, 2.45) is 0 Å². The van der Waals surface area contributed by atoms with E-state index in [1.807, 2.05) is 6.92 Å². The lowest BCUT2D eigenvalue weighted by molar-refractivity contribution is -0.120. The minimum Gasteiger partial charge on any atom is -0.379 e. The summed E-state index contributed by atoms with van der Waals surface area (Å²) in [5, 5.41) is 2.95. The number of ether oxygens (including phenoxy) is 1. The van der Waals surface area contributed by atoms with Crippen LogP contribution in [0.25, 0.3) is 0 Å². The molecule has 0 aliphatic carbocycles. The highest BCUT2D eigenvalue weighted by Crippen LogP contribution is 2.23. The lowest BCUT2D eigenvalue weighted by Gasteiger charge is -2.26. The van der Waals surface area contributed by atoms with Gasteiger partial charge < -0.3 is 10.1 Å². The molecule has 1 fully saturated rings. The molecule has 1 aliphatic rings. The minimum absolute atomic E-state index is 0.0687. The van der Waals surface area contributed by atoms with Gasteiger partial charge in [0.05, 0.1) is 18.5 Å². The van der Waals surface area contributed by atoms with Crippen LogP contribution in [0.4, 0.5) is 0 Å². The summed E-state index contributed by atoms with van der Waals surface area (Å²) < 4.78 is 5.41. The van der Waals surface area contributed by atoms with Gasteiger partial charge in [0.25, 0.3) is 0 Å². The average Bonchev–Trinajstić information content (AvgIpc) is 2.69. The monoisotopic (exact) mass is 384 g/mol. The highest BCUT2D eigenvalue weighted by atomic mass is 32.2. The highest BCUT2D eigenvalue weighted by molar-refractivity contribution is 8.00. The van der Waals surface area contributed by atoms with Crippen molar-refractivity contribution in [3.05, 3.63) is 65.2 Å². The van der Waals surface area contributed by atoms with Crippen LogP contribution < -0.4 is 5.32 Å². The molecular weight excluding hydrogens is 356 g/mol. The number of amides is 1. The van der Waals surface area contributed by atoms with Crippen LogP contribution in [0, 0.1) is 6.92 Å². The van der Waals surface area contributed by atoms with Gasteiger partial charge in [-0.15, -0.1) is 11.8 Å². The molecule has 0 aromatic heterocycles. The first-order valence-corrected chi connectivity index (χ1v) is 10.4. The van der Waals surface area contributed by atoms with Crippen molar-refractivity contribution in [3.63, 3.8) is 0 Å². The first kappa shape index (κ1) is 19.9. The zero-order valence-electron chi connectivity index (χ0n) is 16.1. The maximum Gasteiger partial charge on any atom is 0.233 e. The van der Waals surface area contributed by atoms with Gasteiger partial charge in [-0.05, 0) is 37.1 Å². The molecule has 1 aliphatic heterocycles. The number of hydrogen-bond acceptors (Lipinski definition) is 4. The van der Waals surface area contributed by atoms with Gasteiger partial charge in [0, 0.05) is 31.1 Å². The number of aryl methyl sites for hydroxylation is 1. The zero-order chi connectivity index (χ0) is 19.1. The molecule has 2 aromatic rings. The molecule has 144 valence electrons. The smallest absolute Gasteiger partial charge is 0.233 e. The van der Waals surface area contributed by atoms with Crippen LogP contribution in [0.1, 0.15) is 23.6 Å². The second kappa shape index (κ2) is 9.93. The van der Waals surface area contributed by atoms with Crippen molar-refractivity contribution < 1.29 is 9.53 Å². The van der Waals surface area contributed by atoms with Crippen molar-refractivity contribution in [1.82, 2.24) is 10.2 Å². The molecule has 0 saturated carbocycles. The quantitative estimate of drug-likeness (QED) is 0.741. The third kappa shape index (κ3) is 6.38. The predicted octanol–water partition coefficient (Wildman–Crippen LogP) is 3.62. The fourth-order valence-corrected chi connectivity index (χ4v) is 3.95. The van der Waals surface area contributed by atoms with Gasteiger partial charge in [-0.3, -0.25) is 9.69 Å². The van der Waals surface area contributed by atoms with E-state index in [0.717, 1.165) is 43.3 Å². The van der Waals surface area contributed by atoms with Gasteiger partial charge in [0.2, 0.25) is 5.91 Å². The summed E-state index contributed by atoms with van der Waals surface area (Å²) in [6, 6.07) is 16.8. The van der Waals surface area contributed by atoms with Gasteiger partial charge in [0.1, 0.15) is 0 Å². The molecule has 1 atom stereocenters. The normalized spacial score (nSPS) is 16.1. The Morgan fingerprint density at radius 1 is 1.15 bits per heavy atom. The van der Waals surface area contributed by atoms with Crippen LogP contribution in [0.5, 0.6) is 0 Å². The van der Waals surface area contributed by atoms with E-state index in [9.17, 15) is 4.79 Å². The lowest BCUT2D eigenvalue weighted by Crippen LogP contribution is -2.35. The fourth-order valence-electron chi connectivity index (χ4n) is 3.06. The van der Waals surface area contributed by atoms with Gasteiger partial charge >= 0.3 is 0 Å². The van der Waals surface area contributed by atoms with Crippen LogP contribution in [-0.4, -0.2) is 42.4 Å². The Kier molecular flexibility index (Phi) is 7.33. The van der Waals surface area contributed by atoms with Crippen molar-refractivity contribution in [3.8, 4) is 0 Å². The lowest BCUT2D eigenvalue weighted by atomic mass is 10.1. The topological polar surface area (TPSA) is 41.6 Å². The molecule has 0 unspecified atom stereocenters. The third-order valence-electron chi connectivity index (χ3n) is 4.67. The first-order chi connectivity index (χ1) is 13.1. The summed E-state index contributed by atoms with van der Waals surface area (Å²) in [5.74, 6) is 0.0687. The van der Waals surface area contributed by atoms with Gasteiger partial charge in [-0.25, -0.2) is 0 Å². The van der Waals surface area contributed by atoms with Crippen LogP contribution in [-0.2, 0) is 22.6 Å². The number of nitrogens with one attached hydrogen (secondary N) is 1. The molecule has 1 saturated heterocycles. The van der Waals surface area contributed by atoms with Crippen LogP contribution in [0.3, 0.4) is 0 Å². The number of nitrogens with zero attached hydrogens (tertiary/aromatic N) is 1. The number of carbonyl (C=O) groups excluding carboxylic acids is 1. The van der Waals surface area contributed by atoms with E-state index in [2.05, 4.69) is 65.7 Å².